The maximum Gasteiger partial charge on any atom is 0.339 e. The van der Waals surface area contributed by atoms with Crippen LogP contribution in [0, 0.1) is 0 Å². The van der Waals surface area contributed by atoms with Gasteiger partial charge in [-0.15, -0.1) is 0 Å². The highest BCUT2D eigenvalue weighted by Crippen LogP contribution is 2.33. The Kier molecular flexibility index (Phi) is 3.56. The number of hydrogen-bond donors (Lipinski definition) is 1. The minimum Gasteiger partial charge on any atom is -0.457 e. The standard InChI is InChI=1S/C16H13NO4S/c17-22(19,20)13-8-6-11(7-9-13)14-10-21-16(18)15(14)12-4-2-1-3-5-12/h1-9H,10H2,(H2,17,19,20). The van der Waals surface area contributed by atoms with Crippen LogP contribution in [0.4, 0.5) is 0 Å². The average molecular weight is 315 g/mol. The van der Waals surface area contributed by atoms with Crippen LogP contribution in [0.5, 0.6) is 0 Å². The van der Waals surface area contributed by atoms with Gasteiger partial charge in [0.2, 0.25) is 10.0 Å². The normalized spacial score (nSPS) is 15.0. The highest BCUT2D eigenvalue weighted by atomic mass is 32.2. The molecule has 5 nitrogen and oxygen atoms in total. The lowest BCUT2D eigenvalue weighted by Crippen LogP contribution is -2.11. The molecular formula is C16H13NO4S. The van der Waals surface area contributed by atoms with Gasteiger partial charge in [-0.1, -0.05) is 42.5 Å². The van der Waals surface area contributed by atoms with Gasteiger partial charge in [0.1, 0.15) is 6.61 Å². The van der Waals surface area contributed by atoms with Crippen LogP contribution in [0.25, 0.3) is 11.1 Å². The third-order valence-electron chi connectivity index (χ3n) is 3.45. The van der Waals surface area contributed by atoms with Crippen LogP contribution in [0.1, 0.15) is 11.1 Å². The van der Waals surface area contributed by atoms with Gasteiger partial charge < -0.3 is 4.74 Å². The highest BCUT2D eigenvalue weighted by molar-refractivity contribution is 7.89. The van der Waals surface area contributed by atoms with E-state index in [1.54, 1.807) is 12.1 Å². The zero-order valence-electron chi connectivity index (χ0n) is 11.5. The molecule has 1 aliphatic rings. The smallest absolute Gasteiger partial charge is 0.339 e. The Balaban J connectivity index is 2.09. The molecule has 0 spiro atoms. The fraction of sp³-hybridized carbons (Fsp3) is 0.0625. The van der Waals surface area contributed by atoms with Crippen LogP contribution in [0.3, 0.4) is 0 Å². The van der Waals surface area contributed by atoms with E-state index < -0.39 is 10.0 Å². The molecule has 0 unspecified atom stereocenters. The molecule has 22 heavy (non-hydrogen) atoms. The topological polar surface area (TPSA) is 86.5 Å². The zero-order chi connectivity index (χ0) is 15.7. The predicted octanol–water partition coefficient (Wildman–Crippen LogP) is 1.80. The summed E-state index contributed by atoms with van der Waals surface area (Å²) < 4.78 is 27.7. The van der Waals surface area contributed by atoms with Crippen molar-refractivity contribution in [1.82, 2.24) is 0 Å². The summed E-state index contributed by atoms with van der Waals surface area (Å²) in [7, 11) is -3.73. The Labute approximate surface area is 128 Å². The van der Waals surface area contributed by atoms with E-state index in [1.165, 1.54) is 12.1 Å². The van der Waals surface area contributed by atoms with Gasteiger partial charge in [0.25, 0.3) is 0 Å². The number of esters is 1. The Hall–Kier alpha value is -2.44. The number of ether oxygens (including phenoxy) is 1. The molecule has 0 aromatic heterocycles. The SMILES string of the molecule is NS(=O)(=O)c1ccc(C2=C(c3ccccc3)C(=O)OC2)cc1. The van der Waals surface area contributed by atoms with Crippen molar-refractivity contribution in [3.63, 3.8) is 0 Å². The first-order valence-electron chi connectivity index (χ1n) is 6.56. The summed E-state index contributed by atoms with van der Waals surface area (Å²) >= 11 is 0. The molecule has 3 rings (SSSR count). The molecule has 0 saturated heterocycles. The van der Waals surface area contributed by atoms with Gasteiger partial charge in [0, 0.05) is 5.57 Å². The summed E-state index contributed by atoms with van der Waals surface area (Å²) in [6, 6.07) is 15.3. The quantitative estimate of drug-likeness (QED) is 0.875. The lowest BCUT2D eigenvalue weighted by atomic mass is 9.97. The van der Waals surface area contributed by atoms with E-state index in [0.717, 1.165) is 16.7 Å². The van der Waals surface area contributed by atoms with E-state index in [1.807, 2.05) is 30.3 Å². The number of rotatable bonds is 3. The minimum absolute atomic E-state index is 0.0309. The van der Waals surface area contributed by atoms with E-state index >= 15 is 0 Å². The first-order valence-corrected chi connectivity index (χ1v) is 8.10. The second kappa shape index (κ2) is 5.40. The fourth-order valence-electron chi connectivity index (χ4n) is 2.38. The molecule has 1 heterocycles. The van der Waals surface area contributed by atoms with E-state index in [0.29, 0.717) is 5.57 Å². The van der Waals surface area contributed by atoms with E-state index in [2.05, 4.69) is 0 Å². The summed E-state index contributed by atoms with van der Waals surface area (Å²) in [5.74, 6) is -0.378. The largest absolute Gasteiger partial charge is 0.457 e. The monoisotopic (exact) mass is 315 g/mol. The number of nitrogens with two attached hydrogens (primary N) is 1. The number of sulfonamides is 1. The Morgan fingerprint density at radius 1 is 0.909 bits per heavy atom. The molecular weight excluding hydrogens is 302 g/mol. The number of cyclic esters (lactones) is 1. The van der Waals surface area contributed by atoms with Crippen LogP contribution in [0.15, 0.2) is 59.5 Å². The maximum atomic E-state index is 12.0. The predicted molar refractivity (Wildman–Crippen MR) is 82.0 cm³/mol. The molecule has 0 fully saturated rings. The van der Waals surface area contributed by atoms with Crippen molar-refractivity contribution in [3.8, 4) is 0 Å². The van der Waals surface area contributed by atoms with Crippen molar-refractivity contribution in [2.45, 2.75) is 4.90 Å². The minimum atomic E-state index is -3.73. The number of primary sulfonamides is 1. The Bertz CT molecular complexity index is 853. The summed E-state index contributed by atoms with van der Waals surface area (Å²) in [5.41, 5.74) is 2.74. The van der Waals surface area contributed by atoms with E-state index in [9.17, 15) is 13.2 Å². The third-order valence-corrected chi connectivity index (χ3v) is 4.38. The summed E-state index contributed by atoms with van der Waals surface area (Å²) in [6.45, 7) is 0.164. The number of benzene rings is 2. The van der Waals surface area contributed by atoms with Crippen molar-refractivity contribution in [2.24, 2.45) is 5.14 Å². The molecule has 0 saturated carbocycles. The summed E-state index contributed by atoms with van der Waals surface area (Å²) in [6.07, 6.45) is 0. The van der Waals surface area contributed by atoms with Crippen molar-refractivity contribution in [2.75, 3.05) is 6.61 Å². The first kappa shape index (κ1) is 14.5. The fourth-order valence-corrected chi connectivity index (χ4v) is 2.89. The number of hydrogen-bond acceptors (Lipinski definition) is 4. The van der Waals surface area contributed by atoms with Crippen LogP contribution >= 0.6 is 0 Å². The lowest BCUT2D eigenvalue weighted by Gasteiger charge is -2.05. The molecule has 0 bridgehead atoms. The molecule has 0 atom stereocenters. The number of carbonyl (C=O) groups is 1. The van der Waals surface area contributed by atoms with Gasteiger partial charge in [-0.05, 0) is 23.3 Å². The summed E-state index contributed by atoms with van der Waals surface area (Å²) in [4.78, 5) is 12.0. The van der Waals surface area contributed by atoms with Crippen LogP contribution < -0.4 is 5.14 Å². The zero-order valence-corrected chi connectivity index (χ0v) is 12.3. The molecule has 112 valence electrons. The van der Waals surface area contributed by atoms with Gasteiger partial charge in [0.15, 0.2) is 0 Å². The second-order valence-electron chi connectivity index (χ2n) is 4.87. The van der Waals surface area contributed by atoms with Gasteiger partial charge in [-0.3, -0.25) is 0 Å². The van der Waals surface area contributed by atoms with Gasteiger partial charge in [0.05, 0.1) is 10.5 Å². The van der Waals surface area contributed by atoms with Crippen molar-refractivity contribution in [1.29, 1.82) is 0 Å². The molecule has 6 heteroatoms. The maximum absolute atomic E-state index is 12.0. The number of carbonyl (C=O) groups excluding carboxylic acids is 1. The van der Waals surface area contributed by atoms with Gasteiger partial charge >= 0.3 is 5.97 Å². The molecule has 2 N–H and O–H groups in total. The molecule has 1 aliphatic heterocycles. The Morgan fingerprint density at radius 3 is 2.14 bits per heavy atom. The molecule has 2 aromatic rings. The van der Waals surface area contributed by atoms with Crippen molar-refractivity contribution in [3.05, 3.63) is 65.7 Å². The second-order valence-corrected chi connectivity index (χ2v) is 6.43. The lowest BCUT2D eigenvalue weighted by molar-refractivity contribution is -0.133. The van der Waals surface area contributed by atoms with Gasteiger partial charge in [-0.25, -0.2) is 18.4 Å². The third kappa shape index (κ3) is 2.66. The molecule has 2 aromatic carbocycles. The van der Waals surface area contributed by atoms with Gasteiger partial charge in [-0.2, -0.15) is 0 Å². The molecule has 0 radical (unpaired) electrons. The van der Waals surface area contributed by atoms with Crippen LogP contribution in [-0.4, -0.2) is 21.0 Å². The van der Waals surface area contributed by atoms with E-state index in [-0.39, 0.29) is 17.5 Å². The van der Waals surface area contributed by atoms with Crippen molar-refractivity contribution < 1.29 is 17.9 Å². The molecule has 0 aliphatic carbocycles. The van der Waals surface area contributed by atoms with E-state index in [4.69, 9.17) is 9.88 Å². The van der Waals surface area contributed by atoms with Crippen molar-refractivity contribution >= 4 is 27.1 Å². The average Bonchev–Trinajstić information content (AvgIpc) is 2.89. The van der Waals surface area contributed by atoms with Crippen LogP contribution in [-0.2, 0) is 19.6 Å². The first-order chi connectivity index (χ1) is 10.5. The molecule has 0 amide bonds. The summed E-state index contributed by atoms with van der Waals surface area (Å²) in [5, 5.41) is 5.08. The Morgan fingerprint density at radius 2 is 1.55 bits per heavy atom. The van der Waals surface area contributed by atoms with Crippen LogP contribution in [0.2, 0.25) is 0 Å². The highest BCUT2D eigenvalue weighted by Gasteiger charge is 2.27.